The number of hydrogen-bond donors (Lipinski definition) is 0. The Morgan fingerprint density at radius 2 is 0.544 bits per heavy atom. The van der Waals surface area contributed by atoms with Gasteiger partial charge in [-0.2, -0.15) is 0 Å². The van der Waals surface area contributed by atoms with Crippen molar-refractivity contribution in [1.82, 2.24) is 0 Å². The van der Waals surface area contributed by atoms with Gasteiger partial charge in [-0.25, -0.2) is 74.6 Å². The fourth-order valence-corrected chi connectivity index (χ4v) is 9.61. The van der Waals surface area contributed by atoms with Gasteiger partial charge in [0.25, 0.3) is 0 Å². The van der Waals surface area contributed by atoms with Crippen molar-refractivity contribution in [1.29, 1.82) is 0 Å². The van der Waals surface area contributed by atoms with Crippen LogP contribution in [0.4, 0.5) is 74.6 Å². The minimum Gasteiger partial charge on any atom is -0.372 e. The van der Waals surface area contributed by atoms with E-state index in [2.05, 4.69) is 79.2 Å². The lowest BCUT2D eigenvalue weighted by molar-refractivity contribution is 0.134. The molecule has 22 heteroatoms. The summed E-state index contributed by atoms with van der Waals surface area (Å²) < 4.78 is 216. The van der Waals surface area contributed by atoms with E-state index in [1.54, 1.807) is 82.3 Å². The molecule has 0 atom stereocenters. The molecular formula is C114H159BrCl3F17O. The van der Waals surface area contributed by atoms with Crippen molar-refractivity contribution in [2.75, 3.05) is 0 Å². The van der Waals surface area contributed by atoms with Gasteiger partial charge in [-0.05, 0) is 266 Å². The van der Waals surface area contributed by atoms with Crippen LogP contribution >= 0.6 is 50.7 Å². The number of fused-ring (bicyclic) bond motifs is 1. The van der Waals surface area contributed by atoms with Gasteiger partial charge < -0.3 is 4.74 Å². The molecule has 1 aliphatic rings. The van der Waals surface area contributed by atoms with Crippen molar-refractivity contribution in [3.8, 4) is 0 Å². The van der Waals surface area contributed by atoms with Crippen LogP contribution < -0.4 is 0 Å². The first-order chi connectivity index (χ1) is 63.9. The van der Waals surface area contributed by atoms with Gasteiger partial charge in [0.2, 0.25) is 0 Å². The van der Waals surface area contributed by atoms with E-state index in [-0.39, 0.29) is 73.8 Å². The molecule has 12 aromatic rings. The van der Waals surface area contributed by atoms with E-state index in [0.717, 1.165) is 53.2 Å². The molecule has 0 fully saturated rings. The summed E-state index contributed by atoms with van der Waals surface area (Å²) in [6, 6.07) is 53.2. The van der Waals surface area contributed by atoms with Crippen molar-refractivity contribution in [2.24, 2.45) is 0 Å². The van der Waals surface area contributed by atoms with E-state index in [9.17, 15) is 74.6 Å². The third-order valence-electron chi connectivity index (χ3n) is 15.2. The van der Waals surface area contributed by atoms with Crippen LogP contribution in [0.15, 0.2) is 211 Å². The van der Waals surface area contributed by atoms with Gasteiger partial charge in [0.05, 0.1) is 32.8 Å². The number of ether oxygens (including phenoxy) is 1. The maximum absolute atomic E-state index is 12.8. The quantitative estimate of drug-likeness (QED) is 0.109. The molecule has 1 heterocycles. The summed E-state index contributed by atoms with van der Waals surface area (Å²) in [4.78, 5) is 0. The molecule has 0 aromatic heterocycles. The number of hydrogen-bond acceptors (Lipinski definition) is 1. The summed E-state index contributed by atoms with van der Waals surface area (Å²) in [5.41, 5.74) is 13.5. The summed E-state index contributed by atoms with van der Waals surface area (Å²) in [5, 5.41) is 0.211. The summed E-state index contributed by atoms with van der Waals surface area (Å²) in [5.74, 6) is -11.2. The molecule has 0 saturated heterocycles. The third-order valence-corrected chi connectivity index (χ3v) is 16.7. The van der Waals surface area contributed by atoms with Crippen molar-refractivity contribution >= 4 is 50.7 Å². The van der Waals surface area contributed by atoms with Crippen LogP contribution in [-0.2, 0) is 18.0 Å². The first-order valence-corrected chi connectivity index (χ1v) is 47.4. The highest BCUT2D eigenvalue weighted by molar-refractivity contribution is 9.10. The molecule has 12 aromatic carbocycles. The highest BCUT2D eigenvalue weighted by atomic mass is 79.9. The Hall–Kier alpha value is -9.24. The molecule has 0 radical (unpaired) electrons. The normalized spacial score (nSPS) is 8.88. The van der Waals surface area contributed by atoms with Gasteiger partial charge in [-0.3, -0.25) is 0 Å². The topological polar surface area (TPSA) is 9.23 Å². The minimum atomic E-state index is -1.40. The fourth-order valence-electron chi connectivity index (χ4n) is 8.40. The first kappa shape index (κ1) is 152. The molecule has 0 saturated carbocycles. The average molecular weight is 2050 g/mol. The fraction of sp³-hybridized carbons (Fsp3) is 0.368. The lowest BCUT2D eigenvalue weighted by Gasteiger charge is -1.99. The molecule has 0 unspecified atom stereocenters. The van der Waals surface area contributed by atoms with Gasteiger partial charge in [0, 0.05) is 28.8 Å². The van der Waals surface area contributed by atoms with Gasteiger partial charge in [0.1, 0.15) is 69.8 Å². The molecule has 0 spiro atoms. The second-order valence-corrected chi connectivity index (χ2v) is 26.9. The summed E-state index contributed by atoms with van der Waals surface area (Å²) >= 11 is 19.3. The molecule has 768 valence electrons. The zero-order valence-corrected chi connectivity index (χ0v) is 91.2. The van der Waals surface area contributed by atoms with Crippen molar-refractivity contribution < 1.29 is 79.4 Å². The first-order valence-electron chi connectivity index (χ1n) is 45.5. The second kappa shape index (κ2) is 97.4. The molecule has 0 aliphatic carbocycles. The zero-order chi connectivity index (χ0) is 108. The Balaban J connectivity index is -0.000000121. The van der Waals surface area contributed by atoms with E-state index in [1.165, 1.54) is 134 Å². The largest absolute Gasteiger partial charge is 0.372 e. The SMILES string of the molecule is C.CC.CC.CC.CC.CC.CC.CC.CC.CC.CC.CC.CC.Cc1c(F)cc(F)cc1F.Cc1c(F)cccc1F.Cc1cc(F)c(F)c(Cl)c1.Cc1ccc(F)c(Br)c1.Cc1ccc(F)c(C)c1.Cc1ccc(F)c(C)c1F.Cc1ccc(F)c(Cl)c1.Cc1ccc(F)c(F)c1F.Cc1ccc(F)cc1.Cc1ccc2c(c1)COC2.Cc1cccc(Cl)c1F.Cc1ccccc1C. The van der Waals surface area contributed by atoms with E-state index < -0.39 is 69.8 Å². The summed E-state index contributed by atoms with van der Waals surface area (Å²) in [6.07, 6.45) is 0. The maximum Gasteiger partial charge on any atom is 0.194 e. The van der Waals surface area contributed by atoms with Crippen LogP contribution in [0.1, 0.15) is 268 Å². The predicted molar refractivity (Wildman–Crippen MR) is 562 cm³/mol. The molecular weight excluding hydrogens is 1890 g/mol. The maximum atomic E-state index is 12.8. The monoisotopic (exact) mass is 2050 g/mol. The third kappa shape index (κ3) is 71.3. The van der Waals surface area contributed by atoms with E-state index in [4.69, 9.17) is 39.5 Å². The second-order valence-electron chi connectivity index (χ2n) is 24.8. The summed E-state index contributed by atoms with van der Waals surface area (Å²) in [6.45, 7) is 75.8. The Bertz CT molecular complexity index is 4470. The van der Waals surface area contributed by atoms with Crippen LogP contribution in [0.5, 0.6) is 0 Å². The molecule has 0 bridgehead atoms. The lowest BCUT2D eigenvalue weighted by Crippen LogP contribution is -1.92. The highest BCUT2D eigenvalue weighted by Crippen LogP contribution is 2.24. The van der Waals surface area contributed by atoms with Crippen molar-refractivity contribution in [2.45, 2.75) is 291 Å². The number of aryl methyl sites for hydroxylation is 12. The molecule has 136 heavy (non-hydrogen) atoms. The van der Waals surface area contributed by atoms with E-state index >= 15 is 0 Å². The van der Waals surface area contributed by atoms with Gasteiger partial charge in [-0.15, -0.1) is 0 Å². The van der Waals surface area contributed by atoms with Gasteiger partial charge in [0.15, 0.2) is 29.1 Å². The Kier molecular flexibility index (Phi) is 109. The zero-order valence-electron chi connectivity index (χ0n) is 87.4. The smallest absolute Gasteiger partial charge is 0.194 e. The standard InChI is InChI=1S/C9H10O.C8H8F2.C8H9F.C8H10.C7H6BrF.C7H5ClF2.2C7H6ClF.2C7H5F3.C7H6F2.C7H7F.12C2H6.CH4/c1-7-2-3-8-5-10-6-9(8)4-7;1-5-3-4-7(9)6(2)8(5)10;1-6-3-4-8(9)7(2)5-6;1-7-5-3-4-6-8(7)2;1-5-2-3-7(9)6(8)4-5;1-4-2-5(8)7(10)6(9)3-4;1-5-2-3-7(9)6(8)4-5;1-5-3-2-4-6(8)7(5)9;1-4-6(9)2-5(8)3-7(4)10;1-4-2-3-5(8)7(10)6(4)9;1-5-6(8)3-2-4-7(5)9;1-6-2-4-7(8)5-3-6;12*1-2;/h2-4H,5-6H2,1H3;3-4H,1-2H3;3-5H,1-2H3;3-6H,1-2H3;2-4H,1H3;2-3H,1H3;2*2-4H,1H3;2*2-3H,1H3;2-4H,1H3;2-5H,1H3;12*1-2H3;1H4. The van der Waals surface area contributed by atoms with Crippen molar-refractivity contribution in [3.63, 3.8) is 0 Å². The van der Waals surface area contributed by atoms with Crippen LogP contribution in [0.25, 0.3) is 0 Å². The molecule has 13 rings (SSSR count). The van der Waals surface area contributed by atoms with Gasteiger partial charge in [-0.1, -0.05) is 334 Å². The van der Waals surface area contributed by atoms with E-state index in [1.807, 2.05) is 200 Å². The van der Waals surface area contributed by atoms with E-state index in [0.29, 0.717) is 33.3 Å². The lowest BCUT2D eigenvalue weighted by atomic mass is 10.1. The number of rotatable bonds is 0. The Labute approximate surface area is 834 Å². The minimum absolute atomic E-state index is 0. The van der Waals surface area contributed by atoms with Crippen molar-refractivity contribution in [3.05, 3.63) is 419 Å². The van der Waals surface area contributed by atoms with Gasteiger partial charge >= 0.3 is 0 Å². The Morgan fingerprint density at radius 1 is 0.206 bits per heavy atom. The molecule has 1 aliphatic heterocycles. The average Bonchev–Trinajstić information content (AvgIpc) is 1.75. The van der Waals surface area contributed by atoms with Crippen LogP contribution in [0.2, 0.25) is 15.1 Å². The number of halogens is 21. The molecule has 0 N–H and O–H groups in total. The van der Waals surface area contributed by atoms with Crippen LogP contribution in [-0.4, -0.2) is 0 Å². The predicted octanol–water partition coefficient (Wildman–Crippen LogP) is 42.9. The summed E-state index contributed by atoms with van der Waals surface area (Å²) in [7, 11) is 0. The van der Waals surface area contributed by atoms with Crippen LogP contribution in [0, 0.1) is 203 Å². The molecule has 0 amide bonds. The highest BCUT2D eigenvalue weighted by Gasteiger charge is 2.12. The van der Waals surface area contributed by atoms with Crippen LogP contribution in [0.3, 0.4) is 0 Å². The molecule has 1 nitrogen and oxygen atoms in total. The number of benzene rings is 12. The Morgan fingerprint density at radius 3 is 0.904 bits per heavy atom.